The lowest BCUT2D eigenvalue weighted by molar-refractivity contribution is -0.115. The van der Waals surface area contributed by atoms with Gasteiger partial charge in [0.15, 0.2) is 0 Å². The summed E-state index contributed by atoms with van der Waals surface area (Å²) in [4.78, 5) is 21.5. The van der Waals surface area contributed by atoms with E-state index in [0.717, 1.165) is 11.1 Å². The molecule has 0 saturated carbocycles. The number of rotatable bonds is 2. The Hall–Kier alpha value is -3.45. The SMILES string of the molecule is O=C1CC(NC(=S)c2ccccn2)=Nc2ccc(-c3ccc(F)cc3)cc2N1. The first kappa shape index (κ1) is 17.9. The minimum absolute atomic E-state index is 0.0630. The van der Waals surface area contributed by atoms with Crippen molar-refractivity contribution in [3.05, 3.63) is 78.4 Å². The number of nitrogens with one attached hydrogen (secondary N) is 2. The number of amides is 1. The van der Waals surface area contributed by atoms with Gasteiger partial charge < -0.3 is 10.6 Å². The van der Waals surface area contributed by atoms with Crippen LogP contribution in [0.25, 0.3) is 11.1 Å². The summed E-state index contributed by atoms with van der Waals surface area (Å²) < 4.78 is 13.2. The van der Waals surface area contributed by atoms with E-state index in [1.165, 1.54) is 12.1 Å². The Morgan fingerprint density at radius 3 is 2.61 bits per heavy atom. The van der Waals surface area contributed by atoms with Crippen molar-refractivity contribution < 1.29 is 9.18 Å². The maximum absolute atomic E-state index is 13.2. The summed E-state index contributed by atoms with van der Waals surface area (Å²) in [7, 11) is 0. The lowest BCUT2D eigenvalue weighted by Crippen LogP contribution is -2.32. The standard InChI is InChI=1S/C21H15FN4OS/c22-15-7-4-13(5-8-15)14-6-9-16-18(11-14)25-20(27)12-19(24-16)26-21(28)17-3-1-2-10-23-17/h1-11H,12H2,(H,25,27)(H,24,26,28). The molecule has 0 atom stereocenters. The van der Waals surface area contributed by atoms with E-state index in [2.05, 4.69) is 20.6 Å². The van der Waals surface area contributed by atoms with E-state index in [-0.39, 0.29) is 18.1 Å². The Kier molecular flexibility index (Phi) is 4.90. The zero-order valence-corrected chi connectivity index (χ0v) is 15.5. The highest BCUT2D eigenvalue weighted by atomic mass is 32.1. The predicted molar refractivity (Wildman–Crippen MR) is 111 cm³/mol. The summed E-state index contributed by atoms with van der Waals surface area (Å²) in [6.45, 7) is 0. The van der Waals surface area contributed by atoms with Crippen LogP contribution >= 0.6 is 12.2 Å². The third kappa shape index (κ3) is 3.94. The Bertz CT molecular complexity index is 1080. The smallest absolute Gasteiger partial charge is 0.232 e. The van der Waals surface area contributed by atoms with Gasteiger partial charge in [-0.25, -0.2) is 9.38 Å². The largest absolute Gasteiger partial charge is 0.333 e. The first-order valence-corrected chi connectivity index (χ1v) is 8.99. The van der Waals surface area contributed by atoms with Gasteiger partial charge in [0.1, 0.15) is 16.6 Å². The second-order valence-corrected chi connectivity index (χ2v) is 6.60. The number of pyridine rings is 1. The van der Waals surface area contributed by atoms with Gasteiger partial charge in [-0.15, -0.1) is 0 Å². The van der Waals surface area contributed by atoms with Crippen LogP contribution in [0.3, 0.4) is 0 Å². The normalized spacial score (nSPS) is 13.0. The zero-order chi connectivity index (χ0) is 19.5. The molecule has 1 aliphatic rings. The highest BCUT2D eigenvalue weighted by molar-refractivity contribution is 7.80. The fraction of sp³-hybridized carbons (Fsp3) is 0.0476. The second-order valence-electron chi connectivity index (χ2n) is 6.19. The van der Waals surface area contributed by atoms with Crippen LogP contribution in [0, 0.1) is 5.82 Å². The number of thiocarbonyl (C=S) groups is 1. The van der Waals surface area contributed by atoms with Gasteiger partial charge in [-0.1, -0.05) is 36.5 Å². The van der Waals surface area contributed by atoms with Crippen molar-refractivity contribution in [3.63, 3.8) is 0 Å². The third-order valence-corrected chi connectivity index (χ3v) is 4.50. The van der Waals surface area contributed by atoms with Gasteiger partial charge in [0.25, 0.3) is 0 Å². The molecule has 138 valence electrons. The summed E-state index contributed by atoms with van der Waals surface area (Å²) in [5.41, 5.74) is 3.52. The van der Waals surface area contributed by atoms with E-state index < -0.39 is 0 Å². The molecular formula is C21H15FN4OS. The van der Waals surface area contributed by atoms with Crippen LogP contribution in [0.5, 0.6) is 0 Å². The summed E-state index contributed by atoms with van der Waals surface area (Å²) in [6, 6.07) is 17.1. The number of nitrogens with zero attached hydrogens (tertiary/aromatic N) is 2. The van der Waals surface area contributed by atoms with Crippen molar-refractivity contribution in [3.8, 4) is 11.1 Å². The summed E-state index contributed by atoms with van der Waals surface area (Å²) in [5, 5.41) is 5.88. The molecule has 4 rings (SSSR count). The van der Waals surface area contributed by atoms with E-state index >= 15 is 0 Å². The number of carbonyl (C=O) groups is 1. The quantitative estimate of drug-likeness (QED) is 0.643. The number of carbonyl (C=O) groups excluding carboxylic acids is 1. The molecule has 0 aliphatic carbocycles. The molecule has 0 radical (unpaired) electrons. The summed E-state index contributed by atoms with van der Waals surface area (Å²) in [5.74, 6) is -0.0532. The van der Waals surface area contributed by atoms with E-state index in [4.69, 9.17) is 12.2 Å². The van der Waals surface area contributed by atoms with Crippen LogP contribution in [0.1, 0.15) is 12.1 Å². The average Bonchev–Trinajstić information content (AvgIpc) is 2.85. The number of anilines is 1. The maximum Gasteiger partial charge on any atom is 0.232 e. The highest BCUT2D eigenvalue weighted by Gasteiger charge is 2.18. The molecule has 1 aliphatic heterocycles. The molecule has 7 heteroatoms. The lowest BCUT2D eigenvalue weighted by Gasteiger charge is -2.08. The monoisotopic (exact) mass is 390 g/mol. The number of hydrogen-bond donors (Lipinski definition) is 2. The minimum Gasteiger partial charge on any atom is -0.333 e. The van der Waals surface area contributed by atoms with Gasteiger partial charge in [0.2, 0.25) is 5.91 Å². The van der Waals surface area contributed by atoms with Crippen LogP contribution in [0.2, 0.25) is 0 Å². The molecule has 0 spiro atoms. The van der Waals surface area contributed by atoms with Crippen molar-refractivity contribution in [1.29, 1.82) is 0 Å². The van der Waals surface area contributed by atoms with E-state index in [0.29, 0.717) is 27.9 Å². The fourth-order valence-corrected chi connectivity index (χ4v) is 3.09. The van der Waals surface area contributed by atoms with E-state index in [1.54, 1.807) is 30.5 Å². The van der Waals surface area contributed by atoms with Gasteiger partial charge in [0.05, 0.1) is 23.5 Å². The molecule has 3 aromatic rings. The van der Waals surface area contributed by atoms with Gasteiger partial charge in [0, 0.05) is 6.20 Å². The topological polar surface area (TPSA) is 66.4 Å². The molecule has 1 amide bonds. The molecule has 0 bridgehead atoms. The summed E-state index contributed by atoms with van der Waals surface area (Å²) in [6.07, 6.45) is 1.71. The van der Waals surface area contributed by atoms with Crippen molar-refractivity contribution in [2.45, 2.75) is 6.42 Å². The van der Waals surface area contributed by atoms with Crippen molar-refractivity contribution in [2.75, 3.05) is 5.32 Å². The van der Waals surface area contributed by atoms with E-state index in [1.807, 2.05) is 24.3 Å². The number of benzene rings is 2. The molecule has 0 fully saturated rings. The zero-order valence-electron chi connectivity index (χ0n) is 14.6. The van der Waals surface area contributed by atoms with Crippen LogP contribution in [0.4, 0.5) is 15.8 Å². The Morgan fingerprint density at radius 2 is 1.86 bits per heavy atom. The number of halogens is 1. The van der Waals surface area contributed by atoms with Crippen molar-refractivity contribution in [2.24, 2.45) is 4.99 Å². The van der Waals surface area contributed by atoms with Crippen molar-refractivity contribution in [1.82, 2.24) is 10.3 Å². The first-order valence-electron chi connectivity index (χ1n) is 8.58. The molecule has 2 aromatic carbocycles. The molecule has 1 aromatic heterocycles. The lowest BCUT2D eigenvalue weighted by atomic mass is 10.0. The van der Waals surface area contributed by atoms with Crippen LogP contribution in [0.15, 0.2) is 71.9 Å². The minimum atomic E-state index is -0.295. The molecule has 2 N–H and O–H groups in total. The second kappa shape index (κ2) is 7.66. The van der Waals surface area contributed by atoms with Crippen LogP contribution in [-0.2, 0) is 4.79 Å². The molecular weight excluding hydrogens is 375 g/mol. The number of amidine groups is 1. The molecule has 0 unspecified atom stereocenters. The van der Waals surface area contributed by atoms with Crippen LogP contribution < -0.4 is 10.6 Å². The third-order valence-electron chi connectivity index (χ3n) is 4.19. The highest BCUT2D eigenvalue weighted by Crippen LogP contribution is 2.32. The first-order chi connectivity index (χ1) is 13.6. The van der Waals surface area contributed by atoms with Crippen molar-refractivity contribution >= 4 is 40.3 Å². The van der Waals surface area contributed by atoms with Gasteiger partial charge in [-0.05, 0) is 47.5 Å². The summed E-state index contributed by atoms with van der Waals surface area (Å²) >= 11 is 5.36. The molecule has 28 heavy (non-hydrogen) atoms. The number of fused-ring (bicyclic) bond motifs is 1. The number of aliphatic imine (C=N–C) groups is 1. The maximum atomic E-state index is 13.2. The van der Waals surface area contributed by atoms with Gasteiger partial charge in [-0.3, -0.25) is 9.78 Å². The predicted octanol–water partition coefficient (Wildman–Crippen LogP) is 4.23. The molecule has 0 saturated heterocycles. The number of aromatic nitrogens is 1. The van der Waals surface area contributed by atoms with Crippen LogP contribution in [-0.4, -0.2) is 21.7 Å². The molecule has 5 nitrogen and oxygen atoms in total. The Labute approximate surface area is 166 Å². The fourth-order valence-electron chi connectivity index (χ4n) is 2.85. The Balaban J connectivity index is 1.63. The average molecular weight is 390 g/mol. The van der Waals surface area contributed by atoms with Gasteiger partial charge >= 0.3 is 0 Å². The Morgan fingerprint density at radius 1 is 1.07 bits per heavy atom. The molecule has 2 heterocycles. The van der Waals surface area contributed by atoms with E-state index in [9.17, 15) is 9.18 Å². The number of hydrogen-bond acceptors (Lipinski definition) is 4. The van der Waals surface area contributed by atoms with Gasteiger partial charge in [-0.2, -0.15) is 0 Å².